The third-order valence-electron chi connectivity index (χ3n) is 2.65. The molecule has 63 valence electrons. The first-order valence-corrected chi connectivity index (χ1v) is 4.84. The van der Waals surface area contributed by atoms with E-state index in [9.17, 15) is 0 Å². The van der Waals surface area contributed by atoms with Crippen LogP contribution in [0.25, 0.3) is 0 Å². The molecule has 0 aromatic carbocycles. The fraction of sp³-hybridized carbons (Fsp3) is 0.727. The Morgan fingerprint density at radius 3 is 3.09 bits per heavy atom. The molecule has 0 heteroatoms. The zero-order valence-electron chi connectivity index (χ0n) is 7.60. The van der Waals surface area contributed by atoms with Crippen LogP contribution in [0.15, 0.2) is 12.7 Å². The quantitative estimate of drug-likeness (QED) is 0.537. The molecule has 1 saturated carbocycles. The molecular formula is C11H19. The average molecular weight is 151 g/mol. The molecule has 0 amide bonds. The molecule has 0 spiro atoms. The van der Waals surface area contributed by atoms with E-state index in [0.717, 1.165) is 5.92 Å². The maximum Gasteiger partial charge on any atom is -0.0207 e. The Bertz CT molecular complexity index is 115. The van der Waals surface area contributed by atoms with Crippen LogP contribution in [0, 0.1) is 11.8 Å². The van der Waals surface area contributed by atoms with Gasteiger partial charge in [0.15, 0.2) is 0 Å². The molecule has 0 bridgehead atoms. The van der Waals surface area contributed by atoms with Crippen molar-refractivity contribution in [3.8, 4) is 0 Å². The zero-order chi connectivity index (χ0) is 8.10. The summed E-state index contributed by atoms with van der Waals surface area (Å²) >= 11 is 0. The first-order chi connectivity index (χ1) is 5.38. The van der Waals surface area contributed by atoms with Crippen LogP contribution in [0.3, 0.4) is 0 Å². The van der Waals surface area contributed by atoms with Gasteiger partial charge in [-0.2, -0.15) is 0 Å². The van der Waals surface area contributed by atoms with Gasteiger partial charge in [0, 0.05) is 0 Å². The molecule has 1 fully saturated rings. The molecule has 0 N–H and O–H groups in total. The normalized spacial score (nSPS) is 25.7. The Balaban J connectivity index is 2.31. The lowest BCUT2D eigenvalue weighted by atomic mass is 9.89. The van der Waals surface area contributed by atoms with E-state index in [4.69, 9.17) is 0 Å². The topological polar surface area (TPSA) is 0 Å². The smallest absolute Gasteiger partial charge is 0.0207 e. The van der Waals surface area contributed by atoms with Gasteiger partial charge >= 0.3 is 0 Å². The summed E-state index contributed by atoms with van der Waals surface area (Å²) in [7, 11) is 0. The van der Waals surface area contributed by atoms with E-state index in [1.807, 2.05) is 5.92 Å². The highest BCUT2D eigenvalue weighted by Gasteiger charge is 2.25. The van der Waals surface area contributed by atoms with Gasteiger partial charge in [0.1, 0.15) is 0 Å². The molecule has 0 aromatic rings. The second-order valence-electron chi connectivity index (χ2n) is 3.52. The summed E-state index contributed by atoms with van der Waals surface area (Å²) in [5.74, 6) is 2.71. The summed E-state index contributed by atoms with van der Waals surface area (Å²) < 4.78 is 0. The third-order valence-corrected chi connectivity index (χ3v) is 2.65. The Morgan fingerprint density at radius 2 is 2.45 bits per heavy atom. The lowest BCUT2D eigenvalue weighted by molar-refractivity contribution is 0.549. The summed E-state index contributed by atoms with van der Waals surface area (Å²) in [5, 5.41) is 0. The molecular weight excluding hydrogens is 132 g/mol. The second kappa shape index (κ2) is 4.58. The summed E-state index contributed by atoms with van der Waals surface area (Å²) in [4.78, 5) is 0. The number of hydrogen-bond donors (Lipinski definition) is 0. The van der Waals surface area contributed by atoms with Crippen LogP contribution in [0.5, 0.6) is 0 Å². The lowest BCUT2D eigenvalue weighted by Gasteiger charge is -2.15. The van der Waals surface area contributed by atoms with Gasteiger partial charge in [-0.05, 0) is 37.5 Å². The SMILES string of the molecule is C=CCC1CCC[C]1CCC. The van der Waals surface area contributed by atoms with Crippen LogP contribution < -0.4 is 0 Å². The molecule has 1 atom stereocenters. The van der Waals surface area contributed by atoms with Gasteiger partial charge in [0.25, 0.3) is 0 Å². The molecule has 0 saturated heterocycles. The molecule has 1 radical (unpaired) electrons. The first-order valence-electron chi connectivity index (χ1n) is 4.84. The van der Waals surface area contributed by atoms with Gasteiger partial charge in [0.2, 0.25) is 0 Å². The van der Waals surface area contributed by atoms with Crippen molar-refractivity contribution in [3.63, 3.8) is 0 Å². The standard InChI is InChI=1S/C11H19/c1-3-6-10-8-5-9-11(10)7-4-2/h3,10H,1,4-9H2,2H3. The highest BCUT2D eigenvalue weighted by Crippen LogP contribution is 2.38. The monoisotopic (exact) mass is 151 g/mol. The molecule has 1 unspecified atom stereocenters. The highest BCUT2D eigenvalue weighted by molar-refractivity contribution is 5.02. The molecule has 1 aliphatic carbocycles. The Hall–Kier alpha value is -0.260. The maximum absolute atomic E-state index is 3.81. The molecule has 0 aromatic heterocycles. The number of hydrogen-bond acceptors (Lipinski definition) is 0. The van der Waals surface area contributed by atoms with Gasteiger partial charge in [-0.3, -0.25) is 0 Å². The van der Waals surface area contributed by atoms with Crippen LogP contribution in [-0.2, 0) is 0 Å². The highest BCUT2D eigenvalue weighted by atomic mass is 14.3. The number of allylic oxidation sites excluding steroid dienone is 1. The summed E-state index contributed by atoms with van der Waals surface area (Å²) in [5.41, 5.74) is 0. The minimum Gasteiger partial charge on any atom is -0.103 e. The molecule has 0 nitrogen and oxygen atoms in total. The third kappa shape index (κ3) is 2.36. The minimum absolute atomic E-state index is 0.896. The van der Waals surface area contributed by atoms with E-state index < -0.39 is 0 Å². The first kappa shape index (κ1) is 8.83. The van der Waals surface area contributed by atoms with E-state index >= 15 is 0 Å². The van der Waals surface area contributed by atoms with Crippen molar-refractivity contribution in [2.45, 2.75) is 45.4 Å². The summed E-state index contributed by atoms with van der Waals surface area (Å²) in [6.07, 6.45) is 10.2. The zero-order valence-corrected chi connectivity index (χ0v) is 7.60. The Morgan fingerprint density at radius 1 is 1.64 bits per heavy atom. The maximum atomic E-state index is 3.81. The van der Waals surface area contributed by atoms with Crippen molar-refractivity contribution in [1.82, 2.24) is 0 Å². The largest absolute Gasteiger partial charge is 0.103 e. The van der Waals surface area contributed by atoms with Crippen LogP contribution in [0.2, 0.25) is 0 Å². The van der Waals surface area contributed by atoms with Crippen LogP contribution >= 0.6 is 0 Å². The van der Waals surface area contributed by atoms with Gasteiger partial charge in [-0.1, -0.05) is 25.8 Å². The fourth-order valence-corrected chi connectivity index (χ4v) is 2.12. The van der Waals surface area contributed by atoms with Crippen molar-refractivity contribution in [1.29, 1.82) is 0 Å². The van der Waals surface area contributed by atoms with Crippen molar-refractivity contribution in [3.05, 3.63) is 18.6 Å². The second-order valence-corrected chi connectivity index (χ2v) is 3.52. The number of rotatable bonds is 4. The molecule has 11 heavy (non-hydrogen) atoms. The van der Waals surface area contributed by atoms with E-state index in [1.54, 1.807) is 0 Å². The molecule has 1 aliphatic rings. The summed E-state index contributed by atoms with van der Waals surface area (Å²) in [6.45, 7) is 6.08. The van der Waals surface area contributed by atoms with E-state index in [2.05, 4.69) is 19.6 Å². The van der Waals surface area contributed by atoms with E-state index in [0.29, 0.717) is 0 Å². The van der Waals surface area contributed by atoms with E-state index in [1.165, 1.54) is 38.5 Å². The van der Waals surface area contributed by atoms with Gasteiger partial charge in [-0.15, -0.1) is 6.58 Å². The van der Waals surface area contributed by atoms with Crippen LogP contribution in [-0.4, -0.2) is 0 Å². The Labute approximate surface area is 70.7 Å². The predicted molar refractivity (Wildman–Crippen MR) is 50.3 cm³/mol. The van der Waals surface area contributed by atoms with E-state index in [-0.39, 0.29) is 0 Å². The van der Waals surface area contributed by atoms with Crippen molar-refractivity contribution in [2.24, 2.45) is 5.92 Å². The average Bonchev–Trinajstić information content (AvgIpc) is 2.39. The van der Waals surface area contributed by atoms with Gasteiger partial charge < -0.3 is 0 Å². The van der Waals surface area contributed by atoms with Gasteiger partial charge in [-0.25, -0.2) is 0 Å². The molecule has 0 heterocycles. The van der Waals surface area contributed by atoms with Crippen molar-refractivity contribution < 1.29 is 0 Å². The lowest BCUT2D eigenvalue weighted by Crippen LogP contribution is -2.03. The molecule has 0 aliphatic heterocycles. The minimum atomic E-state index is 0.896. The van der Waals surface area contributed by atoms with Crippen molar-refractivity contribution >= 4 is 0 Å². The van der Waals surface area contributed by atoms with Gasteiger partial charge in [0.05, 0.1) is 0 Å². The van der Waals surface area contributed by atoms with Crippen LogP contribution in [0.4, 0.5) is 0 Å². The predicted octanol–water partition coefficient (Wildman–Crippen LogP) is 3.74. The van der Waals surface area contributed by atoms with Crippen molar-refractivity contribution in [2.75, 3.05) is 0 Å². The summed E-state index contributed by atoms with van der Waals surface area (Å²) in [6, 6.07) is 0. The molecule has 1 rings (SSSR count). The fourth-order valence-electron chi connectivity index (χ4n) is 2.12. The Kier molecular flexibility index (Phi) is 3.68. The van der Waals surface area contributed by atoms with Crippen LogP contribution in [0.1, 0.15) is 45.4 Å².